The van der Waals surface area contributed by atoms with E-state index in [1.807, 2.05) is 36.1 Å². The number of para-hydroxylation sites is 1. The van der Waals surface area contributed by atoms with Crippen LogP contribution in [0, 0.1) is 0 Å². The van der Waals surface area contributed by atoms with E-state index in [1.54, 1.807) is 6.33 Å². The average Bonchev–Trinajstić information content (AvgIpc) is 2.55. The number of amides is 1. The maximum atomic E-state index is 12.5. The SMILES string of the molecule is CC(Sc1ncnc2ccccc12)C(=O)N1CCNCC1. The molecule has 1 N–H and O–H groups in total. The zero-order chi connectivity index (χ0) is 14.7. The van der Waals surface area contributed by atoms with Crippen molar-refractivity contribution >= 4 is 28.6 Å². The number of nitrogens with zero attached hydrogens (tertiary/aromatic N) is 3. The Morgan fingerprint density at radius 3 is 2.86 bits per heavy atom. The second kappa shape index (κ2) is 6.41. The molecule has 0 bridgehead atoms. The van der Waals surface area contributed by atoms with Gasteiger partial charge in [-0.25, -0.2) is 9.97 Å². The predicted molar refractivity (Wildman–Crippen MR) is 84.3 cm³/mol. The van der Waals surface area contributed by atoms with Gasteiger partial charge >= 0.3 is 0 Å². The lowest BCUT2D eigenvalue weighted by molar-refractivity contribution is -0.130. The molecular formula is C15H18N4OS. The number of hydrogen-bond donors (Lipinski definition) is 1. The number of piperazine rings is 1. The molecule has 2 aromatic rings. The molecule has 1 fully saturated rings. The van der Waals surface area contributed by atoms with Crippen LogP contribution in [0.25, 0.3) is 10.9 Å². The topological polar surface area (TPSA) is 58.1 Å². The normalized spacial score (nSPS) is 16.9. The van der Waals surface area contributed by atoms with Crippen LogP contribution < -0.4 is 5.32 Å². The summed E-state index contributed by atoms with van der Waals surface area (Å²) in [7, 11) is 0. The van der Waals surface area contributed by atoms with Crippen molar-refractivity contribution in [1.29, 1.82) is 0 Å². The third-order valence-electron chi connectivity index (χ3n) is 3.57. The molecule has 3 rings (SSSR count). The third-order valence-corrected chi connectivity index (χ3v) is 4.67. The van der Waals surface area contributed by atoms with Crippen LogP contribution in [0.3, 0.4) is 0 Å². The number of hydrogen-bond acceptors (Lipinski definition) is 5. The number of benzene rings is 1. The van der Waals surface area contributed by atoms with E-state index < -0.39 is 0 Å². The van der Waals surface area contributed by atoms with E-state index in [0.717, 1.165) is 42.1 Å². The summed E-state index contributed by atoms with van der Waals surface area (Å²) in [6.45, 7) is 5.27. The zero-order valence-corrected chi connectivity index (χ0v) is 12.8. The van der Waals surface area contributed by atoms with E-state index in [4.69, 9.17) is 0 Å². The summed E-state index contributed by atoms with van der Waals surface area (Å²) in [4.78, 5) is 23.0. The first-order chi connectivity index (χ1) is 10.3. The lowest BCUT2D eigenvalue weighted by atomic mass is 10.2. The first-order valence-corrected chi connectivity index (χ1v) is 7.99. The summed E-state index contributed by atoms with van der Waals surface area (Å²) >= 11 is 1.51. The van der Waals surface area contributed by atoms with Crippen molar-refractivity contribution in [3.8, 4) is 0 Å². The van der Waals surface area contributed by atoms with Crippen molar-refractivity contribution in [1.82, 2.24) is 20.2 Å². The van der Waals surface area contributed by atoms with E-state index in [-0.39, 0.29) is 11.2 Å². The summed E-state index contributed by atoms with van der Waals surface area (Å²) in [5.74, 6) is 0.184. The number of carbonyl (C=O) groups excluding carboxylic acids is 1. The van der Waals surface area contributed by atoms with Gasteiger partial charge < -0.3 is 10.2 Å². The van der Waals surface area contributed by atoms with Gasteiger partial charge in [0, 0.05) is 31.6 Å². The molecular weight excluding hydrogens is 284 g/mol. The molecule has 21 heavy (non-hydrogen) atoms. The van der Waals surface area contributed by atoms with Crippen molar-refractivity contribution in [3.05, 3.63) is 30.6 Å². The van der Waals surface area contributed by atoms with E-state index in [0.29, 0.717) is 0 Å². The monoisotopic (exact) mass is 302 g/mol. The maximum Gasteiger partial charge on any atom is 0.235 e. The molecule has 110 valence electrons. The summed E-state index contributed by atoms with van der Waals surface area (Å²) < 4.78 is 0. The fourth-order valence-electron chi connectivity index (χ4n) is 2.43. The smallest absolute Gasteiger partial charge is 0.235 e. The molecule has 2 heterocycles. The second-order valence-corrected chi connectivity index (χ2v) is 6.36. The molecule has 0 aliphatic carbocycles. The zero-order valence-electron chi connectivity index (χ0n) is 12.0. The van der Waals surface area contributed by atoms with E-state index in [2.05, 4.69) is 15.3 Å². The highest BCUT2D eigenvalue weighted by molar-refractivity contribution is 8.00. The Labute approximate surface area is 128 Å². The van der Waals surface area contributed by atoms with Crippen LogP contribution in [0.1, 0.15) is 6.92 Å². The van der Waals surface area contributed by atoms with Crippen molar-refractivity contribution in [2.24, 2.45) is 0 Å². The summed E-state index contributed by atoms with van der Waals surface area (Å²) in [6, 6.07) is 7.89. The standard InChI is InChI=1S/C15H18N4OS/c1-11(15(20)19-8-6-16-7-9-19)21-14-12-4-2-3-5-13(12)17-10-18-14/h2-5,10-11,16H,6-9H2,1H3. The molecule has 1 atom stereocenters. The van der Waals surface area contributed by atoms with Crippen LogP contribution in [0.2, 0.25) is 0 Å². The van der Waals surface area contributed by atoms with Crippen molar-refractivity contribution in [2.45, 2.75) is 17.2 Å². The minimum absolute atomic E-state index is 0.138. The van der Waals surface area contributed by atoms with Gasteiger partial charge in [0.25, 0.3) is 0 Å². The van der Waals surface area contributed by atoms with E-state index in [9.17, 15) is 4.79 Å². The van der Waals surface area contributed by atoms with Crippen LogP contribution in [0.4, 0.5) is 0 Å². The van der Waals surface area contributed by atoms with Gasteiger partial charge in [0.15, 0.2) is 0 Å². The molecule has 1 amide bonds. The van der Waals surface area contributed by atoms with Gasteiger partial charge in [0.2, 0.25) is 5.91 Å². The van der Waals surface area contributed by atoms with Crippen LogP contribution in [-0.2, 0) is 4.79 Å². The Kier molecular flexibility index (Phi) is 4.36. The molecule has 1 aromatic carbocycles. The Morgan fingerprint density at radius 1 is 1.29 bits per heavy atom. The molecule has 1 aliphatic rings. The van der Waals surface area contributed by atoms with E-state index in [1.165, 1.54) is 11.8 Å². The number of thioether (sulfide) groups is 1. The van der Waals surface area contributed by atoms with Gasteiger partial charge in [-0.2, -0.15) is 0 Å². The van der Waals surface area contributed by atoms with Crippen molar-refractivity contribution in [3.63, 3.8) is 0 Å². The minimum atomic E-state index is -0.138. The summed E-state index contributed by atoms with van der Waals surface area (Å²) in [5, 5.41) is 5.00. The highest BCUT2D eigenvalue weighted by atomic mass is 32.2. The van der Waals surface area contributed by atoms with Gasteiger partial charge in [0.05, 0.1) is 10.8 Å². The van der Waals surface area contributed by atoms with Gasteiger partial charge in [-0.3, -0.25) is 4.79 Å². The minimum Gasteiger partial charge on any atom is -0.339 e. The molecule has 5 nitrogen and oxygen atoms in total. The quantitative estimate of drug-likeness (QED) is 0.688. The second-order valence-electron chi connectivity index (χ2n) is 5.03. The molecule has 0 radical (unpaired) electrons. The number of carbonyl (C=O) groups is 1. The first-order valence-electron chi connectivity index (χ1n) is 7.11. The summed E-state index contributed by atoms with van der Waals surface area (Å²) in [6.07, 6.45) is 1.56. The van der Waals surface area contributed by atoms with Gasteiger partial charge in [0.1, 0.15) is 11.4 Å². The van der Waals surface area contributed by atoms with Crippen LogP contribution in [0.15, 0.2) is 35.6 Å². The number of rotatable bonds is 3. The molecule has 0 spiro atoms. The fourth-order valence-corrected chi connectivity index (χ4v) is 3.43. The Balaban J connectivity index is 1.76. The number of fused-ring (bicyclic) bond motifs is 1. The van der Waals surface area contributed by atoms with Gasteiger partial charge in [-0.15, -0.1) is 0 Å². The third kappa shape index (κ3) is 3.16. The summed E-state index contributed by atoms with van der Waals surface area (Å²) in [5.41, 5.74) is 0.914. The maximum absolute atomic E-state index is 12.5. The predicted octanol–water partition coefficient (Wildman–Crippen LogP) is 1.54. The average molecular weight is 302 g/mol. The fraction of sp³-hybridized carbons (Fsp3) is 0.400. The molecule has 1 saturated heterocycles. The lowest BCUT2D eigenvalue weighted by Gasteiger charge is -2.29. The number of aromatic nitrogens is 2. The van der Waals surface area contributed by atoms with E-state index >= 15 is 0 Å². The largest absolute Gasteiger partial charge is 0.339 e. The Hall–Kier alpha value is -1.66. The molecule has 1 aliphatic heterocycles. The Bertz CT molecular complexity index is 637. The molecule has 1 aromatic heterocycles. The first kappa shape index (κ1) is 14.3. The Morgan fingerprint density at radius 2 is 2.05 bits per heavy atom. The highest BCUT2D eigenvalue weighted by Gasteiger charge is 2.23. The number of nitrogens with one attached hydrogen (secondary N) is 1. The van der Waals surface area contributed by atoms with Crippen molar-refractivity contribution < 1.29 is 4.79 Å². The van der Waals surface area contributed by atoms with Gasteiger partial charge in [-0.05, 0) is 13.0 Å². The van der Waals surface area contributed by atoms with Crippen molar-refractivity contribution in [2.75, 3.05) is 26.2 Å². The van der Waals surface area contributed by atoms with Crippen LogP contribution in [-0.4, -0.2) is 52.2 Å². The molecule has 6 heteroatoms. The van der Waals surface area contributed by atoms with Crippen LogP contribution >= 0.6 is 11.8 Å². The van der Waals surface area contributed by atoms with Crippen LogP contribution in [0.5, 0.6) is 0 Å². The molecule has 0 saturated carbocycles. The molecule has 1 unspecified atom stereocenters. The van der Waals surface area contributed by atoms with Gasteiger partial charge in [-0.1, -0.05) is 30.0 Å². The highest BCUT2D eigenvalue weighted by Crippen LogP contribution is 2.28. The lowest BCUT2D eigenvalue weighted by Crippen LogP contribution is -2.48.